The fraction of sp³-hybridized carbons (Fsp3) is 0.471. The zero-order valence-corrected chi connectivity index (χ0v) is 13.3. The van der Waals surface area contributed by atoms with Gasteiger partial charge in [-0.05, 0) is 25.5 Å². The van der Waals surface area contributed by atoms with Crippen molar-refractivity contribution >= 4 is 17.0 Å². The Kier molecular flexibility index (Phi) is 6.06. The lowest BCUT2D eigenvalue weighted by Crippen LogP contribution is -2.01. The van der Waals surface area contributed by atoms with Crippen molar-refractivity contribution in [3.63, 3.8) is 0 Å². The first kappa shape index (κ1) is 15.0. The highest BCUT2D eigenvalue weighted by Gasteiger charge is 2.01. The van der Waals surface area contributed by atoms with Crippen LogP contribution in [0, 0.1) is 6.92 Å². The van der Waals surface area contributed by atoms with E-state index in [2.05, 4.69) is 46.9 Å². The van der Waals surface area contributed by atoms with Crippen molar-refractivity contribution in [3.05, 3.63) is 34.7 Å². The third-order valence-electron chi connectivity index (χ3n) is 3.41. The lowest BCUT2D eigenvalue weighted by molar-refractivity contribution is 0.645. The van der Waals surface area contributed by atoms with Gasteiger partial charge in [0.05, 0.1) is 10.7 Å². The minimum atomic E-state index is 1.07. The Balaban J connectivity index is 1.77. The van der Waals surface area contributed by atoms with Gasteiger partial charge in [0, 0.05) is 23.2 Å². The average molecular weight is 288 g/mol. The van der Waals surface area contributed by atoms with E-state index in [1.807, 2.05) is 6.92 Å². The van der Waals surface area contributed by atoms with Gasteiger partial charge in [-0.1, -0.05) is 44.7 Å². The van der Waals surface area contributed by atoms with Crippen LogP contribution in [0.25, 0.3) is 11.3 Å². The molecule has 0 fully saturated rings. The summed E-state index contributed by atoms with van der Waals surface area (Å²) in [7, 11) is 0. The third-order valence-corrected chi connectivity index (χ3v) is 4.18. The highest BCUT2D eigenvalue weighted by Crippen LogP contribution is 2.23. The lowest BCUT2D eigenvalue weighted by Gasteiger charge is -2.07. The Labute approximate surface area is 126 Å². The van der Waals surface area contributed by atoms with Gasteiger partial charge in [-0.15, -0.1) is 11.3 Å². The fourth-order valence-electron chi connectivity index (χ4n) is 2.22. The molecule has 0 amide bonds. The van der Waals surface area contributed by atoms with Crippen molar-refractivity contribution in [3.8, 4) is 11.3 Å². The lowest BCUT2D eigenvalue weighted by atomic mass is 10.1. The topological polar surface area (TPSA) is 24.9 Å². The molecule has 20 heavy (non-hydrogen) atoms. The van der Waals surface area contributed by atoms with E-state index < -0.39 is 0 Å². The average Bonchev–Trinajstić information content (AvgIpc) is 2.90. The number of hydrogen-bond donors (Lipinski definition) is 1. The molecule has 0 saturated heterocycles. The molecule has 0 atom stereocenters. The molecule has 108 valence electrons. The van der Waals surface area contributed by atoms with Crippen LogP contribution in [0.4, 0.5) is 5.69 Å². The number of rotatable bonds is 8. The number of aromatic nitrogens is 1. The maximum atomic E-state index is 4.51. The summed E-state index contributed by atoms with van der Waals surface area (Å²) in [6.45, 7) is 5.37. The van der Waals surface area contributed by atoms with Crippen LogP contribution < -0.4 is 5.32 Å². The summed E-state index contributed by atoms with van der Waals surface area (Å²) < 4.78 is 0. The van der Waals surface area contributed by atoms with E-state index >= 15 is 0 Å². The summed E-state index contributed by atoms with van der Waals surface area (Å²) in [5.74, 6) is 0. The normalized spacial score (nSPS) is 10.7. The molecule has 1 aromatic heterocycles. The first-order chi connectivity index (χ1) is 9.79. The smallest absolute Gasteiger partial charge is 0.0901 e. The molecule has 2 aromatic rings. The Morgan fingerprint density at radius 2 is 1.80 bits per heavy atom. The van der Waals surface area contributed by atoms with E-state index in [4.69, 9.17) is 0 Å². The summed E-state index contributed by atoms with van der Waals surface area (Å²) in [5, 5.41) is 6.72. The van der Waals surface area contributed by atoms with Crippen LogP contribution in [-0.4, -0.2) is 11.5 Å². The first-order valence-corrected chi connectivity index (χ1v) is 8.44. The van der Waals surface area contributed by atoms with Crippen LogP contribution in [0.15, 0.2) is 29.6 Å². The van der Waals surface area contributed by atoms with Gasteiger partial charge in [0.25, 0.3) is 0 Å². The Morgan fingerprint density at radius 1 is 1.05 bits per heavy atom. The van der Waals surface area contributed by atoms with Crippen molar-refractivity contribution in [1.82, 2.24) is 4.98 Å². The number of benzene rings is 1. The van der Waals surface area contributed by atoms with Crippen molar-refractivity contribution in [2.75, 3.05) is 11.9 Å². The van der Waals surface area contributed by atoms with E-state index in [-0.39, 0.29) is 0 Å². The summed E-state index contributed by atoms with van der Waals surface area (Å²) in [4.78, 5) is 4.51. The van der Waals surface area contributed by atoms with Crippen LogP contribution in [0.5, 0.6) is 0 Å². The fourth-order valence-corrected chi connectivity index (χ4v) is 2.84. The predicted octanol–water partition coefficient (Wildman–Crippen LogP) is 5.50. The second kappa shape index (κ2) is 8.05. The van der Waals surface area contributed by atoms with Crippen LogP contribution in [0.2, 0.25) is 0 Å². The van der Waals surface area contributed by atoms with Gasteiger partial charge < -0.3 is 5.32 Å². The van der Waals surface area contributed by atoms with Crippen molar-refractivity contribution in [2.24, 2.45) is 0 Å². The van der Waals surface area contributed by atoms with Crippen LogP contribution in [0.3, 0.4) is 0 Å². The molecule has 2 rings (SSSR count). The molecule has 0 unspecified atom stereocenters. The zero-order chi connectivity index (χ0) is 14.2. The van der Waals surface area contributed by atoms with E-state index in [1.165, 1.54) is 43.4 Å². The highest BCUT2D eigenvalue weighted by atomic mass is 32.1. The monoisotopic (exact) mass is 288 g/mol. The van der Waals surface area contributed by atoms with E-state index in [0.29, 0.717) is 0 Å². The zero-order valence-electron chi connectivity index (χ0n) is 12.5. The molecule has 0 bridgehead atoms. The molecule has 0 radical (unpaired) electrons. The number of nitrogens with zero attached hydrogens (tertiary/aromatic N) is 1. The van der Waals surface area contributed by atoms with Gasteiger partial charge in [-0.3, -0.25) is 0 Å². The maximum absolute atomic E-state index is 4.51. The van der Waals surface area contributed by atoms with E-state index in [0.717, 1.165) is 17.2 Å². The van der Waals surface area contributed by atoms with E-state index in [9.17, 15) is 0 Å². The van der Waals surface area contributed by atoms with Gasteiger partial charge in [0.1, 0.15) is 0 Å². The largest absolute Gasteiger partial charge is 0.385 e. The number of anilines is 1. The second-order valence-corrected chi connectivity index (χ2v) is 6.23. The number of thiazole rings is 1. The third kappa shape index (κ3) is 4.64. The molecule has 0 spiro atoms. The highest BCUT2D eigenvalue weighted by molar-refractivity contribution is 7.09. The summed E-state index contributed by atoms with van der Waals surface area (Å²) in [6.07, 6.45) is 6.62. The minimum Gasteiger partial charge on any atom is -0.385 e. The van der Waals surface area contributed by atoms with Gasteiger partial charge in [0.15, 0.2) is 0 Å². The molecule has 2 nitrogen and oxygen atoms in total. The summed E-state index contributed by atoms with van der Waals surface area (Å²) in [5.41, 5.74) is 3.48. The summed E-state index contributed by atoms with van der Waals surface area (Å²) in [6, 6.07) is 8.59. The molecular formula is C17H24N2S. The number of aryl methyl sites for hydroxylation is 1. The standard InChI is InChI=1S/C17H24N2S/c1-3-4-5-6-7-12-18-16-10-8-15(9-11-16)17-13-20-14(2)19-17/h8-11,13,18H,3-7,12H2,1-2H3. The molecule has 1 aromatic carbocycles. The molecule has 0 saturated carbocycles. The molecule has 0 aliphatic heterocycles. The van der Waals surface area contributed by atoms with Crippen LogP contribution >= 0.6 is 11.3 Å². The molecule has 1 N–H and O–H groups in total. The second-order valence-electron chi connectivity index (χ2n) is 5.17. The first-order valence-electron chi connectivity index (χ1n) is 7.56. The van der Waals surface area contributed by atoms with Gasteiger partial charge >= 0.3 is 0 Å². The SMILES string of the molecule is CCCCCCCNc1ccc(-c2csc(C)n2)cc1. The maximum Gasteiger partial charge on any atom is 0.0901 e. The predicted molar refractivity (Wildman–Crippen MR) is 89.5 cm³/mol. The van der Waals surface area contributed by atoms with Crippen LogP contribution in [0.1, 0.15) is 44.0 Å². The number of nitrogens with one attached hydrogen (secondary N) is 1. The van der Waals surface area contributed by atoms with Gasteiger partial charge in [0.2, 0.25) is 0 Å². The molecular weight excluding hydrogens is 264 g/mol. The minimum absolute atomic E-state index is 1.07. The molecule has 1 heterocycles. The summed E-state index contributed by atoms with van der Waals surface area (Å²) >= 11 is 1.70. The van der Waals surface area contributed by atoms with Crippen molar-refractivity contribution in [2.45, 2.75) is 46.0 Å². The quantitative estimate of drug-likeness (QED) is 0.649. The molecule has 0 aliphatic carbocycles. The Bertz CT molecular complexity index is 502. The van der Waals surface area contributed by atoms with Gasteiger partial charge in [-0.2, -0.15) is 0 Å². The number of unbranched alkanes of at least 4 members (excludes halogenated alkanes) is 4. The van der Waals surface area contributed by atoms with Crippen molar-refractivity contribution in [1.29, 1.82) is 0 Å². The number of hydrogen-bond acceptors (Lipinski definition) is 3. The Morgan fingerprint density at radius 3 is 2.45 bits per heavy atom. The van der Waals surface area contributed by atoms with Gasteiger partial charge in [-0.25, -0.2) is 4.98 Å². The Hall–Kier alpha value is -1.35. The molecule has 0 aliphatic rings. The van der Waals surface area contributed by atoms with Crippen LogP contribution in [-0.2, 0) is 0 Å². The van der Waals surface area contributed by atoms with E-state index in [1.54, 1.807) is 11.3 Å². The molecule has 3 heteroatoms. The van der Waals surface area contributed by atoms with Crippen molar-refractivity contribution < 1.29 is 0 Å².